The van der Waals surface area contributed by atoms with Crippen molar-refractivity contribution in [1.82, 2.24) is 4.57 Å². The van der Waals surface area contributed by atoms with Crippen LogP contribution in [0.4, 0.5) is 0 Å². The summed E-state index contributed by atoms with van der Waals surface area (Å²) in [6, 6.07) is 9.33. The first-order valence-electron chi connectivity index (χ1n) is 6.70. The second-order valence-corrected chi connectivity index (χ2v) is 5.86. The zero-order chi connectivity index (χ0) is 15.4. The Morgan fingerprint density at radius 3 is 2.67 bits per heavy atom. The van der Waals surface area contributed by atoms with Crippen molar-refractivity contribution in [3.8, 4) is 17.0 Å². The molecule has 0 N–H and O–H groups in total. The molecule has 0 amide bonds. The Morgan fingerprint density at radius 1 is 1.29 bits per heavy atom. The van der Waals surface area contributed by atoms with Gasteiger partial charge in [0, 0.05) is 17.7 Å². The maximum atomic E-state index is 12.2. The average Bonchev–Trinajstić information content (AvgIpc) is 2.48. The summed E-state index contributed by atoms with van der Waals surface area (Å²) in [5, 5.41) is 0.582. The summed E-state index contributed by atoms with van der Waals surface area (Å²) in [5.74, 6) is 1.32. The summed E-state index contributed by atoms with van der Waals surface area (Å²) in [5.41, 5.74) is 2.42. The van der Waals surface area contributed by atoms with E-state index in [4.69, 9.17) is 16.3 Å². The van der Waals surface area contributed by atoms with Gasteiger partial charge < -0.3 is 9.30 Å². The first-order valence-corrected chi connectivity index (χ1v) is 8.47. The van der Waals surface area contributed by atoms with E-state index in [0.29, 0.717) is 17.5 Å². The van der Waals surface area contributed by atoms with Gasteiger partial charge in [0.05, 0.1) is 10.7 Å². The van der Waals surface area contributed by atoms with Crippen molar-refractivity contribution in [2.45, 2.75) is 20.4 Å². The maximum absolute atomic E-state index is 12.2. The second-order valence-electron chi connectivity index (χ2n) is 4.64. The molecule has 1 aromatic heterocycles. The molecular formula is C16H18ClNO2S. The highest BCUT2D eigenvalue weighted by atomic mass is 35.5. The number of ether oxygens (including phenoxy) is 1. The molecule has 112 valence electrons. The quantitative estimate of drug-likeness (QED) is 0.773. The highest BCUT2D eigenvalue weighted by molar-refractivity contribution is 7.98. The van der Waals surface area contributed by atoms with E-state index in [1.807, 2.05) is 44.4 Å². The highest BCUT2D eigenvalue weighted by Crippen LogP contribution is 2.31. The number of hydrogen-bond acceptors (Lipinski definition) is 3. The largest absolute Gasteiger partial charge is 0.483 e. The third-order valence-electron chi connectivity index (χ3n) is 3.24. The van der Waals surface area contributed by atoms with Crippen LogP contribution in [0.15, 0.2) is 35.1 Å². The number of aromatic nitrogens is 1. The van der Waals surface area contributed by atoms with Gasteiger partial charge in [0.25, 0.3) is 5.56 Å². The number of nitrogens with zero attached hydrogens (tertiary/aromatic N) is 1. The Hall–Kier alpha value is -1.39. The lowest BCUT2D eigenvalue weighted by molar-refractivity contribution is 0.393. The van der Waals surface area contributed by atoms with Crippen LogP contribution in [0.25, 0.3) is 11.3 Å². The molecule has 2 aromatic rings. The average molecular weight is 324 g/mol. The normalized spacial score (nSPS) is 10.7. The predicted octanol–water partition coefficient (Wildman–Crippen LogP) is 4.20. The van der Waals surface area contributed by atoms with Crippen LogP contribution in [0, 0.1) is 6.92 Å². The van der Waals surface area contributed by atoms with E-state index >= 15 is 0 Å². The lowest BCUT2D eigenvalue weighted by Gasteiger charge is -2.14. The van der Waals surface area contributed by atoms with E-state index in [0.717, 1.165) is 22.6 Å². The maximum Gasteiger partial charge on any atom is 0.253 e. The smallest absolute Gasteiger partial charge is 0.253 e. The van der Waals surface area contributed by atoms with Crippen molar-refractivity contribution in [2.75, 3.05) is 12.2 Å². The van der Waals surface area contributed by atoms with Crippen molar-refractivity contribution in [1.29, 1.82) is 0 Å². The van der Waals surface area contributed by atoms with Gasteiger partial charge in [-0.25, -0.2) is 0 Å². The Kier molecular flexibility index (Phi) is 5.37. The summed E-state index contributed by atoms with van der Waals surface area (Å²) in [4.78, 5) is 12.2. The van der Waals surface area contributed by atoms with Gasteiger partial charge in [-0.1, -0.05) is 17.7 Å². The molecule has 5 heteroatoms. The molecule has 3 nitrogen and oxygen atoms in total. The molecule has 0 aliphatic carbocycles. The molecular weight excluding hydrogens is 306 g/mol. The molecule has 0 saturated carbocycles. The molecule has 0 spiro atoms. The molecule has 0 fully saturated rings. The summed E-state index contributed by atoms with van der Waals surface area (Å²) in [7, 11) is 0. The van der Waals surface area contributed by atoms with Crippen LogP contribution in [0.3, 0.4) is 0 Å². The number of benzene rings is 1. The monoisotopic (exact) mass is 323 g/mol. The zero-order valence-electron chi connectivity index (χ0n) is 12.4. The lowest BCUT2D eigenvalue weighted by Crippen LogP contribution is -2.22. The third kappa shape index (κ3) is 3.44. The molecule has 1 aromatic carbocycles. The van der Waals surface area contributed by atoms with E-state index in [1.165, 1.54) is 0 Å². The van der Waals surface area contributed by atoms with Crippen molar-refractivity contribution in [3.63, 3.8) is 0 Å². The highest BCUT2D eigenvalue weighted by Gasteiger charge is 2.11. The predicted molar refractivity (Wildman–Crippen MR) is 90.6 cm³/mol. The minimum atomic E-state index is 0.0220. The lowest BCUT2D eigenvalue weighted by atomic mass is 10.1. The van der Waals surface area contributed by atoms with Gasteiger partial charge in [-0.05, 0) is 44.4 Å². The van der Waals surface area contributed by atoms with E-state index in [9.17, 15) is 4.79 Å². The van der Waals surface area contributed by atoms with Crippen molar-refractivity contribution in [3.05, 3.63) is 51.3 Å². The number of pyridine rings is 1. The van der Waals surface area contributed by atoms with Gasteiger partial charge in [0.1, 0.15) is 11.7 Å². The Bertz CT molecular complexity index is 697. The van der Waals surface area contributed by atoms with Gasteiger partial charge in [0.15, 0.2) is 0 Å². The molecule has 1 heterocycles. The molecule has 0 bridgehead atoms. The van der Waals surface area contributed by atoms with Crippen LogP contribution >= 0.6 is 23.4 Å². The Labute approximate surface area is 133 Å². The van der Waals surface area contributed by atoms with Crippen LogP contribution in [0.2, 0.25) is 5.02 Å². The molecule has 0 radical (unpaired) electrons. The number of hydrogen-bond donors (Lipinski definition) is 0. The van der Waals surface area contributed by atoms with Crippen LogP contribution in [0.5, 0.6) is 5.75 Å². The first kappa shape index (κ1) is 16.0. The summed E-state index contributed by atoms with van der Waals surface area (Å²) >= 11 is 7.96. The van der Waals surface area contributed by atoms with Gasteiger partial charge in [-0.3, -0.25) is 4.79 Å². The van der Waals surface area contributed by atoms with Crippen LogP contribution < -0.4 is 10.3 Å². The fraction of sp³-hybridized carbons (Fsp3) is 0.312. The molecule has 21 heavy (non-hydrogen) atoms. The molecule has 2 rings (SSSR count). The Morgan fingerprint density at radius 2 is 2.05 bits per heavy atom. The molecule has 0 aliphatic heterocycles. The first-order chi connectivity index (χ1) is 10.1. The SMILES string of the molecule is CCn1c(-c2ccc(OCSC)cc2Cl)ccc(C)c1=O. The van der Waals surface area contributed by atoms with Crippen LogP contribution in [0.1, 0.15) is 12.5 Å². The van der Waals surface area contributed by atoms with Crippen molar-refractivity contribution < 1.29 is 4.74 Å². The fourth-order valence-corrected chi connectivity index (χ4v) is 2.68. The van der Waals surface area contributed by atoms with Gasteiger partial charge in [-0.2, -0.15) is 0 Å². The van der Waals surface area contributed by atoms with E-state index < -0.39 is 0 Å². The van der Waals surface area contributed by atoms with Crippen molar-refractivity contribution >= 4 is 23.4 Å². The summed E-state index contributed by atoms with van der Waals surface area (Å²) < 4.78 is 7.27. The summed E-state index contributed by atoms with van der Waals surface area (Å²) in [6.07, 6.45) is 1.97. The van der Waals surface area contributed by atoms with E-state index in [-0.39, 0.29) is 5.56 Å². The van der Waals surface area contributed by atoms with Gasteiger partial charge in [-0.15, -0.1) is 11.8 Å². The summed E-state index contributed by atoms with van der Waals surface area (Å²) in [6.45, 7) is 4.38. The molecule has 0 atom stereocenters. The third-order valence-corrected chi connectivity index (χ3v) is 3.91. The van der Waals surface area contributed by atoms with E-state index in [2.05, 4.69) is 0 Å². The van der Waals surface area contributed by atoms with Crippen molar-refractivity contribution in [2.24, 2.45) is 0 Å². The second kappa shape index (κ2) is 7.05. The zero-order valence-corrected chi connectivity index (χ0v) is 13.9. The van der Waals surface area contributed by atoms with Crippen LogP contribution in [-0.4, -0.2) is 16.8 Å². The fourth-order valence-electron chi connectivity index (χ4n) is 2.16. The number of aryl methyl sites for hydroxylation is 1. The van der Waals surface area contributed by atoms with Crippen LogP contribution in [-0.2, 0) is 6.54 Å². The molecule has 0 unspecified atom stereocenters. The standard InChI is InChI=1S/C16H18ClNO2S/c1-4-18-15(8-5-11(2)16(18)19)13-7-6-12(9-14(13)17)20-10-21-3/h5-9H,4,10H2,1-3H3. The minimum absolute atomic E-state index is 0.0220. The minimum Gasteiger partial charge on any atom is -0.483 e. The Balaban J connectivity index is 2.48. The number of halogens is 1. The number of thioether (sulfide) groups is 1. The number of rotatable bonds is 5. The van der Waals surface area contributed by atoms with E-state index in [1.54, 1.807) is 22.4 Å². The topological polar surface area (TPSA) is 31.2 Å². The molecule has 0 saturated heterocycles. The van der Waals surface area contributed by atoms with Gasteiger partial charge in [0.2, 0.25) is 0 Å². The molecule has 0 aliphatic rings. The van der Waals surface area contributed by atoms with Gasteiger partial charge >= 0.3 is 0 Å².